The van der Waals surface area contributed by atoms with Crippen molar-refractivity contribution in [1.82, 2.24) is 29.3 Å². The average Bonchev–Trinajstić information content (AvgIpc) is 3.49. The van der Waals surface area contributed by atoms with Gasteiger partial charge in [0.1, 0.15) is 5.82 Å². The first-order valence-corrected chi connectivity index (χ1v) is 13.6. The normalized spacial score (nSPS) is 17.6. The summed E-state index contributed by atoms with van der Waals surface area (Å²) in [5, 5.41) is 0. The first-order valence-electron chi connectivity index (χ1n) is 12.7. The number of anilines is 1. The molecule has 188 valence electrons. The van der Waals surface area contributed by atoms with Gasteiger partial charge in [0.05, 0.1) is 41.0 Å². The fourth-order valence-corrected chi connectivity index (χ4v) is 6.26. The Morgan fingerprint density at radius 2 is 1.83 bits per heavy atom. The number of aromatic nitrogens is 4. The zero-order valence-electron chi connectivity index (χ0n) is 20.8. The third-order valence-electron chi connectivity index (χ3n) is 7.01. The second kappa shape index (κ2) is 9.76. The number of ether oxygens (including phenoxy) is 1. The summed E-state index contributed by atoms with van der Waals surface area (Å²) in [5.74, 6) is 2.78. The molecule has 0 unspecified atom stereocenters. The number of thiophene rings is 1. The van der Waals surface area contributed by atoms with Crippen LogP contribution in [-0.4, -0.2) is 87.7 Å². The minimum Gasteiger partial charge on any atom is -0.378 e. The second-order valence-electron chi connectivity index (χ2n) is 9.26. The molecule has 4 aromatic rings. The summed E-state index contributed by atoms with van der Waals surface area (Å²) in [6, 6.07) is 10.3. The Morgan fingerprint density at radius 1 is 1.00 bits per heavy atom. The quantitative estimate of drug-likeness (QED) is 0.398. The van der Waals surface area contributed by atoms with Crippen molar-refractivity contribution in [3.05, 3.63) is 41.0 Å². The van der Waals surface area contributed by atoms with Gasteiger partial charge in [-0.2, -0.15) is 4.98 Å². The lowest BCUT2D eigenvalue weighted by molar-refractivity contribution is -0.135. The summed E-state index contributed by atoms with van der Waals surface area (Å²) in [6.07, 6.45) is 0.787. The van der Waals surface area contributed by atoms with Crippen molar-refractivity contribution in [2.24, 2.45) is 0 Å². The number of fused-ring (bicyclic) bond motifs is 2. The first-order chi connectivity index (χ1) is 17.6. The molecule has 0 bridgehead atoms. The number of carbonyl (C=O) groups is 1. The van der Waals surface area contributed by atoms with Crippen LogP contribution in [0.4, 0.5) is 5.82 Å². The molecule has 2 aliphatic rings. The standard InChI is InChI=1S/C26H31N7O2S/c1-3-22-27-19-7-5-6-8-21(19)33(22)26-28-20-15-18(16-30-9-10-31(4-2)23(34)17-30)36-24(20)25(29-26)32-11-13-35-14-12-32/h5-8,15H,3-4,9-14,16-17H2,1-2H3. The topological polar surface area (TPSA) is 79.6 Å². The molecule has 3 aromatic heterocycles. The number of carbonyl (C=O) groups excluding carboxylic acids is 1. The Morgan fingerprint density at radius 3 is 2.61 bits per heavy atom. The van der Waals surface area contributed by atoms with Crippen molar-refractivity contribution < 1.29 is 9.53 Å². The van der Waals surface area contributed by atoms with Crippen molar-refractivity contribution >= 4 is 44.3 Å². The molecule has 10 heteroatoms. The monoisotopic (exact) mass is 505 g/mol. The lowest BCUT2D eigenvalue weighted by Gasteiger charge is -2.33. The zero-order valence-corrected chi connectivity index (χ0v) is 21.6. The molecule has 1 aromatic carbocycles. The highest BCUT2D eigenvalue weighted by Crippen LogP contribution is 2.35. The molecule has 2 saturated heterocycles. The van der Waals surface area contributed by atoms with Crippen LogP contribution in [0.3, 0.4) is 0 Å². The van der Waals surface area contributed by atoms with E-state index in [1.165, 1.54) is 4.88 Å². The van der Waals surface area contributed by atoms with Crippen LogP contribution in [0.5, 0.6) is 0 Å². The fraction of sp³-hybridized carbons (Fsp3) is 0.462. The van der Waals surface area contributed by atoms with Gasteiger partial charge >= 0.3 is 0 Å². The van der Waals surface area contributed by atoms with Gasteiger partial charge in [-0.05, 0) is 25.1 Å². The third kappa shape index (κ3) is 4.23. The van der Waals surface area contributed by atoms with Gasteiger partial charge in [-0.25, -0.2) is 9.97 Å². The summed E-state index contributed by atoms with van der Waals surface area (Å²) in [6.45, 7) is 10.8. The van der Waals surface area contributed by atoms with Crippen molar-refractivity contribution in [2.45, 2.75) is 26.8 Å². The van der Waals surface area contributed by atoms with Crippen molar-refractivity contribution in [2.75, 3.05) is 57.4 Å². The number of aryl methyl sites for hydroxylation is 1. The number of benzene rings is 1. The molecular weight excluding hydrogens is 474 g/mol. The molecule has 0 radical (unpaired) electrons. The van der Waals surface area contributed by atoms with E-state index in [9.17, 15) is 4.79 Å². The van der Waals surface area contributed by atoms with E-state index >= 15 is 0 Å². The minimum absolute atomic E-state index is 0.208. The maximum Gasteiger partial charge on any atom is 0.238 e. The van der Waals surface area contributed by atoms with E-state index in [4.69, 9.17) is 19.7 Å². The van der Waals surface area contributed by atoms with E-state index in [-0.39, 0.29) is 5.91 Å². The first kappa shape index (κ1) is 23.3. The summed E-state index contributed by atoms with van der Waals surface area (Å²) < 4.78 is 8.81. The van der Waals surface area contributed by atoms with Gasteiger partial charge in [0.25, 0.3) is 0 Å². The van der Waals surface area contributed by atoms with Crippen LogP contribution in [0, 0.1) is 0 Å². The second-order valence-corrected chi connectivity index (χ2v) is 10.4. The van der Waals surface area contributed by atoms with Gasteiger partial charge in [-0.3, -0.25) is 14.3 Å². The fourth-order valence-electron chi connectivity index (χ4n) is 5.10. The Bertz CT molecular complexity index is 1410. The number of amides is 1. The minimum atomic E-state index is 0.208. The molecule has 2 fully saturated rings. The van der Waals surface area contributed by atoms with E-state index in [0.29, 0.717) is 25.7 Å². The summed E-state index contributed by atoms with van der Waals surface area (Å²) in [4.78, 5) is 35.2. The summed E-state index contributed by atoms with van der Waals surface area (Å²) in [7, 11) is 0. The predicted molar refractivity (Wildman–Crippen MR) is 142 cm³/mol. The summed E-state index contributed by atoms with van der Waals surface area (Å²) in [5.41, 5.74) is 2.91. The molecule has 6 rings (SSSR count). The molecule has 36 heavy (non-hydrogen) atoms. The van der Waals surface area contributed by atoms with Crippen LogP contribution in [0.1, 0.15) is 24.5 Å². The number of imidazole rings is 1. The highest BCUT2D eigenvalue weighted by Gasteiger charge is 2.25. The third-order valence-corrected chi connectivity index (χ3v) is 8.11. The molecule has 0 aliphatic carbocycles. The van der Waals surface area contributed by atoms with E-state index < -0.39 is 0 Å². The van der Waals surface area contributed by atoms with Crippen LogP contribution in [0.15, 0.2) is 30.3 Å². The van der Waals surface area contributed by atoms with Crippen molar-refractivity contribution in [3.63, 3.8) is 0 Å². The SMILES string of the molecule is CCc1nc2ccccc2n1-c1nc(N2CCOCC2)c2sc(CN3CCN(CC)C(=O)C3)cc2n1. The summed E-state index contributed by atoms with van der Waals surface area (Å²) >= 11 is 1.74. The molecule has 0 N–H and O–H groups in total. The number of para-hydroxylation sites is 2. The molecule has 1 amide bonds. The lowest BCUT2D eigenvalue weighted by Crippen LogP contribution is -2.49. The Balaban J connectivity index is 1.42. The number of nitrogens with zero attached hydrogens (tertiary/aromatic N) is 7. The highest BCUT2D eigenvalue weighted by molar-refractivity contribution is 7.19. The maximum atomic E-state index is 12.4. The van der Waals surface area contributed by atoms with Crippen molar-refractivity contribution in [1.29, 1.82) is 0 Å². The molecule has 2 aliphatic heterocycles. The van der Waals surface area contributed by atoms with E-state index in [0.717, 1.165) is 78.6 Å². The number of piperazine rings is 1. The number of morpholine rings is 1. The average molecular weight is 506 g/mol. The van der Waals surface area contributed by atoms with Gasteiger partial charge in [-0.15, -0.1) is 11.3 Å². The van der Waals surface area contributed by atoms with E-state index in [2.05, 4.69) is 33.4 Å². The Hall–Kier alpha value is -3.08. The van der Waals surface area contributed by atoms with Crippen molar-refractivity contribution in [3.8, 4) is 5.95 Å². The zero-order chi connectivity index (χ0) is 24.6. The van der Waals surface area contributed by atoms with Crippen LogP contribution >= 0.6 is 11.3 Å². The molecule has 0 atom stereocenters. The Kier molecular flexibility index (Phi) is 6.32. The molecule has 9 nitrogen and oxygen atoms in total. The van der Waals surface area contributed by atoms with Crippen LogP contribution < -0.4 is 4.90 Å². The van der Waals surface area contributed by atoms with Crippen LogP contribution in [0.2, 0.25) is 0 Å². The largest absolute Gasteiger partial charge is 0.378 e. The molecule has 0 spiro atoms. The maximum absolute atomic E-state index is 12.4. The Labute approximate surface area is 214 Å². The van der Waals surface area contributed by atoms with Gasteiger partial charge in [-0.1, -0.05) is 19.1 Å². The predicted octanol–water partition coefficient (Wildman–Crippen LogP) is 3.09. The lowest BCUT2D eigenvalue weighted by atomic mass is 10.3. The molecule has 5 heterocycles. The van der Waals surface area contributed by atoms with E-state index in [1.807, 2.05) is 30.0 Å². The van der Waals surface area contributed by atoms with Gasteiger partial charge < -0.3 is 14.5 Å². The van der Waals surface area contributed by atoms with Gasteiger partial charge in [0.2, 0.25) is 11.9 Å². The van der Waals surface area contributed by atoms with Crippen LogP contribution in [0.25, 0.3) is 27.2 Å². The van der Waals surface area contributed by atoms with E-state index in [1.54, 1.807) is 11.3 Å². The molecule has 0 saturated carbocycles. The number of rotatable bonds is 6. The van der Waals surface area contributed by atoms with Gasteiger partial charge in [0.15, 0.2) is 5.82 Å². The number of likely N-dealkylation sites (N-methyl/N-ethyl adjacent to an activating group) is 1. The highest BCUT2D eigenvalue weighted by atomic mass is 32.1. The smallest absolute Gasteiger partial charge is 0.238 e. The number of hydrogen-bond donors (Lipinski definition) is 0. The molecular formula is C26H31N7O2S. The number of hydrogen-bond acceptors (Lipinski definition) is 8. The van der Waals surface area contributed by atoms with Crippen LogP contribution in [-0.2, 0) is 22.5 Å². The van der Waals surface area contributed by atoms with Gasteiger partial charge in [0, 0.05) is 50.6 Å².